The van der Waals surface area contributed by atoms with Crippen molar-refractivity contribution < 1.29 is 13.9 Å². The van der Waals surface area contributed by atoms with Crippen molar-refractivity contribution in [1.29, 1.82) is 0 Å². The Bertz CT molecular complexity index is 1390. The molecule has 0 aliphatic carbocycles. The predicted octanol–water partition coefficient (Wildman–Crippen LogP) is 5.62. The van der Waals surface area contributed by atoms with Gasteiger partial charge in [0.2, 0.25) is 5.76 Å². The van der Waals surface area contributed by atoms with E-state index in [9.17, 15) is 9.59 Å². The molecule has 2 heterocycles. The number of aryl methyl sites for hydroxylation is 1. The minimum Gasteiger partial charge on any atom is -0.497 e. The Morgan fingerprint density at radius 3 is 2.41 bits per heavy atom. The van der Waals surface area contributed by atoms with Gasteiger partial charge in [0.25, 0.3) is 5.91 Å². The minimum absolute atomic E-state index is 0.109. The van der Waals surface area contributed by atoms with Crippen molar-refractivity contribution in [2.75, 3.05) is 7.11 Å². The standard InChI is InChI=1S/C26H20BrNO4/c1-15-3-5-16(6-4-15)14-28-23(17-7-10-19(31-2)11-8-17)22-24(29)20-13-18(27)9-12-21(20)32-25(22)26(28)30/h3-13,23H,14H2,1-2H3. The van der Waals surface area contributed by atoms with Gasteiger partial charge in [-0.3, -0.25) is 9.59 Å². The van der Waals surface area contributed by atoms with Crippen LogP contribution in [0.15, 0.2) is 80.4 Å². The Hall–Kier alpha value is -3.38. The fourth-order valence-electron chi connectivity index (χ4n) is 4.18. The Morgan fingerprint density at radius 1 is 1.00 bits per heavy atom. The maximum Gasteiger partial charge on any atom is 0.291 e. The van der Waals surface area contributed by atoms with Crippen molar-refractivity contribution in [1.82, 2.24) is 4.90 Å². The van der Waals surface area contributed by atoms with Crippen LogP contribution in [0.3, 0.4) is 0 Å². The summed E-state index contributed by atoms with van der Waals surface area (Å²) in [5.74, 6) is 0.527. The second kappa shape index (κ2) is 7.95. The third-order valence-corrected chi connectivity index (χ3v) is 6.33. The summed E-state index contributed by atoms with van der Waals surface area (Å²) < 4.78 is 12.1. The second-order valence-corrected chi connectivity index (χ2v) is 8.82. The van der Waals surface area contributed by atoms with E-state index in [1.54, 1.807) is 30.2 Å². The average Bonchev–Trinajstić information content (AvgIpc) is 3.08. The lowest BCUT2D eigenvalue weighted by molar-refractivity contribution is 0.0714. The molecule has 3 aromatic carbocycles. The topological polar surface area (TPSA) is 59.8 Å². The first kappa shape index (κ1) is 20.5. The summed E-state index contributed by atoms with van der Waals surface area (Å²) in [5, 5.41) is 0.446. The number of hydrogen-bond donors (Lipinski definition) is 0. The maximum atomic E-state index is 13.6. The van der Waals surface area contributed by atoms with E-state index in [1.165, 1.54) is 0 Å². The number of nitrogens with zero attached hydrogens (tertiary/aromatic N) is 1. The first-order chi connectivity index (χ1) is 15.5. The zero-order chi connectivity index (χ0) is 22.4. The average molecular weight is 490 g/mol. The highest BCUT2D eigenvalue weighted by atomic mass is 79.9. The third kappa shape index (κ3) is 3.41. The second-order valence-electron chi connectivity index (χ2n) is 7.91. The monoisotopic (exact) mass is 489 g/mol. The van der Waals surface area contributed by atoms with E-state index in [2.05, 4.69) is 15.9 Å². The van der Waals surface area contributed by atoms with Gasteiger partial charge in [0.1, 0.15) is 11.3 Å². The van der Waals surface area contributed by atoms with Crippen LogP contribution >= 0.6 is 15.9 Å². The van der Waals surface area contributed by atoms with Gasteiger partial charge in [-0.25, -0.2) is 0 Å². The molecule has 0 N–H and O–H groups in total. The van der Waals surface area contributed by atoms with Gasteiger partial charge in [-0.2, -0.15) is 0 Å². The molecule has 1 aromatic heterocycles. The maximum absolute atomic E-state index is 13.6. The molecule has 160 valence electrons. The highest BCUT2D eigenvalue weighted by Crippen LogP contribution is 2.39. The SMILES string of the molecule is COc1ccc(C2c3c(oc4ccc(Br)cc4c3=O)C(=O)N2Cc2ccc(C)cc2)cc1. The fraction of sp³-hybridized carbons (Fsp3) is 0.154. The summed E-state index contributed by atoms with van der Waals surface area (Å²) in [4.78, 5) is 28.8. The molecule has 1 aliphatic rings. The number of rotatable bonds is 4. The zero-order valence-electron chi connectivity index (χ0n) is 17.6. The molecular formula is C26H20BrNO4. The van der Waals surface area contributed by atoms with E-state index in [0.29, 0.717) is 28.8 Å². The molecule has 1 aliphatic heterocycles. The largest absolute Gasteiger partial charge is 0.497 e. The van der Waals surface area contributed by atoms with E-state index < -0.39 is 6.04 Å². The molecule has 4 aromatic rings. The van der Waals surface area contributed by atoms with Gasteiger partial charge in [-0.05, 0) is 48.4 Å². The Morgan fingerprint density at radius 2 is 1.72 bits per heavy atom. The van der Waals surface area contributed by atoms with Crippen molar-refractivity contribution in [3.05, 3.63) is 109 Å². The first-order valence-electron chi connectivity index (χ1n) is 10.2. The molecule has 0 spiro atoms. The fourth-order valence-corrected chi connectivity index (χ4v) is 4.54. The van der Waals surface area contributed by atoms with E-state index in [1.807, 2.05) is 55.5 Å². The lowest BCUT2D eigenvalue weighted by Gasteiger charge is -2.25. The summed E-state index contributed by atoms with van der Waals surface area (Å²) in [6, 6.07) is 20.2. The van der Waals surface area contributed by atoms with E-state index >= 15 is 0 Å². The van der Waals surface area contributed by atoms with Crippen LogP contribution in [0, 0.1) is 6.92 Å². The Kier molecular flexibility index (Phi) is 5.10. The molecule has 5 rings (SSSR count). The number of methoxy groups -OCH3 is 1. The van der Waals surface area contributed by atoms with Crippen molar-refractivity contribution in [2.45, 2.75) is 19.5 Å². The molecule has 6 heteroatoms. The van der Waals surface area contributed by atoms with Crippen molar-refractivity contribution >= 4 is 32.8 Å². The molecular weight excluding hydrogens is 470 g/mol. The van der Waals surface area contributed by atoms with Crippen LogP contribution in [-0.2, 0) is 6.54 Å². The molecule has 0 radical (unpaired) electrons. The molecule has 0 fully saturated rings. The number of hydrogen-bond acceptors (Lipinski definition) is 4. The normalized spacial score (nSPS) is 15.3. The summed E-state index contributed by atoms with van der Waals surface area (Å²) in [6.07, 6.45) is 0. The summed E-state index contributed by atoms with van der Waals surface area (Å²) >= 11 is 3.43. The van der Waals surface area contributed by atoms with Gasteiger partial charge < -0.3 is 14.1 Å². The van der Waals surface area contributed by atoms with Gasteiger partial charge in [0.05, 0.1) is 24.1 Å². The third-order valence-electron chi connectivity index (χ3n) is 5.83. The van der Waals surface area contributed by atoms with Gasteiger partial charge in [-0.15, -0.1) is 0 Å². The molecule has 1 atom stereocenters. The van der Waals surface area contributed by atoms with E-state index in [4.69, 9.17) is 9.15 Å². The van der Waals surface area contributed by atoms with Gasteiger partial charge in [0.15, 0.2) is 5.43 Å². The molecule has 0 bridgehead atoms. The predicted molar refractivity (Wildman–Crippen MR) is 126 cm³/mol. The molecule has 0 saturated heterocycles. The summed E-state index contributed by atoms with van der Waals surface area (Å²) in [6.45, 7) is 2.38. The zero-order valence-corrected chi connectivity index (χ0v) is 19.2. The van der Waals surface area contributed by atoms with Gasteiger partial charge >= 0.3 is 0 Å². The smallest absolute Gasteiger partial charge is 0.291 e. The number of amides is 1. The quantitative estimate of drug-likeness (QED) is 0.373. The Labute approximate surface area is 193 Å². The lowest BCUT2D eigenvalue weighted by Crippen LogP contribution is -2.29. The molecule has 1 amide bonds. The number of benzene rings is 3. The number of carbonyl (C=O) groups excluding carboxylic acids is 1. The van der Waals surface area contributed by atoms with Crippen LogP contribution in [0.25, 0.3) is 11.0 Å². The van der Waals surface area contributed by atoms with Crippen molar-refractivity contribution in [3.63, 3.8) is 0 Å². The Balaban J connectivity index is 1.70. The highest BCUT2D eigenvalue weighted by Gasteiger charge is 2.42. The van der Waals surface area contributed by atoms with Crippen LogP contribution in [-0.4, -0.2) is 17.9 Å². The number of halogens is 1. The molecule has 5 nitrogen and oxygen atoms in total. The molecule has 32 heavy (non-hydrogen) atoms. The lowest BCUT2D eigenvalue weighted by atomic mass is 9.98. The van der Waals surface area contributed by atoms with Crippen molar-refractivity contribution in [2.24, 2.45) is 0 Å². The van der Waals surface area contributed by atoms with Crippen LogP contribution in [0.4, 0.5) is 0 Å². The van der Waals surface area contributed by atoms with Crippen LogP contribution in [0.5, 0.6) is 5.75 Å². The molecule has 0 saturated carbocycles. The summed E-state index contributed by atoms with van der Waals surface area (Å²) in [5.41, 5.74) is 3.53. The van der Waals surface area contributed by atoms with Gasteiger partial charge in [-0.1, -0.05) is 57.9 Å². The minimum atomic E-state index is -0.552. The van der Waals surface area contributed by atoms with Crippen LogP contribution < -0.4 is 10.2 Å². The molecule has 1 unspecified atom stereocenters. The van der Waals surface area contributed by atoms with Crippen LogP contribution in [0.1, 0.15) is 38.9 Å². The summed E-state index contributed by atoms with van der Waals surface area (Å²) in [7, 11) is 1.60. The van der Waals surface area contributed by atoms with E-state index in [-0.39, 0.29) is 17.1 Å². The van der Waals surface area contributed by atoms with Crippen LogP contribution in [0.2, 0.25) is 0 Å². The number of ether oxygens (including phenoxy) is 1. The first-order valence-corrected chi connectivity index (χ1v) is 11.0. The van der Waals surface area contributed by atoms with E-state index in [0.717, 1.165) is 21.2 Å². The van der Waals surface area contributed by atoms with Crippen molar-refractivity contribution in [3.8, 4) is 5.75 Å². The number of fused-ring (bicyclic) bond motifs is 2. The highest BCUT2D eigenvalue weighted by molar-refractivity contribution is 9.10. The van der Waals surface area contributed by atoms with Gasteiger partial charge in [0, 0.05) is 11.0 Å². The number of carbonyl (C=O) groups is 1.